The maximum Gasteiger partial charge on any atom is 0.433 e. The molecule has 1 fully saturated rings. The number of hydrogen-bond donors (Lipinski definition) is 1. The lowest BCUT2D eigenvalue weighted by Gasteiger charge is -2.31. The Kier molecular flexibility index (Phi) is 8.49. The second-order valence-electron chi connectivity index (χ2n) is 9.13. The Bertz CT molecular complexity index is 1420. The van der Waals surface area contributed by atoms with Crippen LogP contribution >= 0.6 is 0 Å². The topological polar surface area (TPSA) is 107 Å². The third-order valence-electron chi connectivity index (χ3n) is 6.72. The lowest BCUT2D eigenvalue weighted by molar-refractivity contribution is -0.140. The summed E-state index contributed by atoms with van der Waals surface area (Å²) in [5.41, 5.74) is 6.29. The molecule has 0 spiro atoms. The number of nitrogens with two attached hydrogens (primary N) is 1. The average Bonchev–Trinajstić information content (AvgIpc) is 3.38. The quantitative estimate of drug-likeness (QED) is 0.363. The number of alkyl halides is 3. The zero-order valence-electron chi connectivity index (χ0n) is 21.8. The molecule has 8 nitrogen and oxygen atoms in total. The van der Waals surface area contributed by atoms with Crippen LogP contribution in [0.5, 0.6) is 5.75 Å². The van der Waals surface area contributed by atoms with Crippen LogP contribution in [0.2, 0.25) is 0 Å². The summed E-state index contributed by atoms with van der Waals surface area (Å²) >= 11 is 0. The Morgan fingerprint density at radius 2 is 2.00 bits per heavy atom. The van der Waals surface area contributed by atoms with Crippen molar-refractivity contribution in [3.05, 3.63) is 65.8 Å². The molecule has 11 heteroatoms. The van der Waals surface area contributed by atoms with Gasteiger partial charge in [-0.25, -0.2) is 9.97 Å². The maximum atomic E-state index is 13.4. The number of allylic oxidation sites excluding steroid dienone is 3. The van der Waals surface area contributed by atoms with E-state index in [4.69, 9.17) is 14.9 Å². The number of likely N-dealkylation sites (tertiary alicyclic amines) is 1. The van der Waals surface area contributed by atoms with Gasteiger partial charge in [-0.3, -0.25) is 9.79 Å². The van der Waals surface area contributed by atoms with Crippen LogP contribution in [-0.4, -0.2) is 47.2 Å². The fraction of sp³-hybridized carbons (Fsp3) is 0.357. The maximum absolute atomic E-state index is 13.4. The fourth-order valence-electron chi connectivity index (χ4n) is 4.65. The predicted molar refractivity (Wildman–Crippen MR) is 142 cm³/mol. The molecule has 0 aliphatic carbocycles. The highest BCUT2D eigenvalue weighted by molar-refractivity contribution is 5.98. The molecular formula is C28H30F3N5O3. The molecule has 1 aliphatic heterocycles. The first-order chi connectivity index (χ1) is 18.7. The first-order valence-electron chi connectivity index (χ1n) is 12.5. The zero-order valence-corrected chi connectivity index (χ0v) is 21.8. The first kappa shape index (κ1) is 28.0. The number of piperidine rings is 1. The number of hydrogen-bond acceptors (Lipinski definition) is 7. The Hall–Kier alpha value is -3.99. The number of nitrogens with zero attached hydrogens (tertiary/aromatic N) is 4. The molecule has 1 aliphatic rings. The fourth-order valence-corrected chi connectivity index (χ4v) is 4.65. The van der Waals surface area contributed by atoms with Crippen LogP contribution in [0.25, 0.3) is 22.4 Å². The summed E-state index contributed by atoms with van der Waals surface area (Å²) in [6.07, 6.45) is 3.10. The van der Waals surface area contributed by atoms with Crippen LogP contribution in [-0.2, 0) is 12.7 Å². The molecule has 0 unspecified atom stereocenters. The van der Waals surface area contributed by atoms with Gasteiger partial charge in [0.1, 0.15) is 17.0 Å². The summed E-state index contributed by atoms with van der Waals surface area (Å²) in [4.78, 5) is 27.8. The Morgan fingerprint density at radius 3 is 2.62 bits per heavy atom. The van der Waals surface area contributed by atoms with Crippen molar-refractivity contribution >= 4 is 23.0 Å². The van der Waals surface area contributed by atoms with Gasteiger partial charge >= 0.3 is 6.18 Å². The number of carbonyl (C=O) groups excluding carboxylic acids is 1. The van der Waals surface area contributed by atoms with Gasteiger partial charge in [0, 0.05) is 36.0 Å². The molecule has 1 saturated heterocycles. The highest BCUT2D eigenvalue weighted by Gasteiger charge is 2.33. The van der Waals surface area contributed by atoms with Gasteiger partial charge in [0.2, 0.25) is 5.89 Å². The molecular weight excluding hydrogens is 511 g/mol. The molecule has 2 N–H and O–H groups in total. The van der Waals surface area contributed by atoms with E-state index >= 15 is 0 Å². The molecule has 3 heterocycles. The van der Waals surface area contributed by atoms with Gasteiger partial charge in [0.05, 0.1) is 13.7 Å². The number of carbonyl (C=O) groups is 1. The number of aliphatic imine (C=N–C) groups is 1. The number of methoxy groups -OCH3 is 1. The normalized spacial score (nSPS) is 15.3. The van der Waals surface area contributed by atoms with Crippen molar-refractivity contribution in [1.82, 2.24) is 14.9 Å². The van der Waals surface area contributed by atoms with Crippen molar-refractivity contribution in [1.29, 1.82) is 0 Å². The van der Waals surface area contributed by atoms with Gasteiger partial charge in [0.25, 0.3) is 5.91 Å². The van der Waals surface area contributed by atoms with Crippen LogP contribution in [0.1, 0.15) is 48.1 Å². The Balaban J connectivity index is 1.59. The Morgan fingerprint density at radius 1 is 1.26 bits per heavy atom. The minimum atomic E-state index is -4.62. The van der Waals surface area contributed by atoms with Crippen molar-refractivity contribution in [2.75, 3.05) is 20.2 Å². The zero-order chi connectivity index (χ0) is 28.2. The lowest BCUT2D eigenvalue weighted by Crippen LogP contribution is -2.39. The molecule has 0 bridgehead atoms. The third kappa shape index (κ3) is 6.03. The van der Waals surface area contributed by atoms with E-state index in [0.29, 0.717) is 30.0 Å². The van der Waals surface area contributed by atoms with E-state index in [-0.39, 0.29) is 41.1 Å². The van der Waals surface area contributed by atoms with Crippen molar-refractivity contribution in [3.63, 3.8) is 0 Å². The number of aromatic nitrogens is 2. The largest absolute Gasteiger partial charge is 0.494 e. The van der Waals surface area contributed by atoms with E-state index in [0.717, 1.165) is 31.0 Å². The monoisotopic (exact) mass is 541 g/mol. The summed E-state index contributed by atoms with van der Waals surface area (Å²) in [5, 5.41) is 0.339. The van der Waals surface area contributed by atoms with Crippen LogP contribution in [0.15, 0.2) is 58.1 Å². The van der Waals surface area contributed by atoms with Crippen molar-refractivity contribution in [2.45, 2.75) is 38.9 Å². The summed E-state index contributed by atoms with van der Waals surface area (Å²) in [7, 11) is 1.35. The van der Waals surface area contributed by atoms with Crippen molar-refractivity contribution < 1.29 is 27.1 Å². The van der Waals surface area contributed by atoms with Crippen LogP contribution in [0.3, 0.4) is 0 Å². The van der Waals surface area contributed by atoms with Crippen molar-refractivity contribution in [2.24, 2.45) is 16.6 Å². The predicted octanol–water partition coefficient (Wildman–Crippen LogP) is 5.78. The third-order valence-corrected chi connectivity index (χ3v) is 6.72. The molecule has 206 valence electrons. The number of amides is 1. The molecule has 4 rings (SSSR count). The van der Waals surface area contributed by atoms with E-state index in [2.05, 4.69) is 21.5 Å². The summed E-state index contributed by atoms with van der Waals surface area (Å²) in [6, 6.07) is 5.27. The van der Waals surface area contributed by atoms with E-state index in [1.54, 1.807) is 23.3 Å². The molecule has 0 radical (unpaired) electrons. The number of ether oxygens (including phenoxy) is 1. The summed E-state index contributed by atoms with van der Waals surface area (Å²) < 4.78 is 51.0. The van der Waals surface area contributed by atoms with Gasteiger partial charge in [-0.2, -0.15) is 13.2 Å². The SMILES string of the molecule is C=C/C=N\C(=C/C)CC1CCN(C(=O)c2nc(-c3ccc(OC)c4nc(C(F)(F)F)ccc34)oc2CN)CC1. The smallest absolute Gasteiger partial charge is 0.433 e. The van der Waals surface area contributed by atoms with E-state index < -0.39 is 11.9 Å². The standard InChI is InChI=1S/C28H30F3N5O3/c1-4-12-33-18(5-2)15-17-10-13-36(14-11-17)27(37)25-22(16-32)39-26(35-25)20-6-8-21(38-3)24-19(20)7-9-23(34-24)28(29,30)31/h4-9,12,17H,1,10-11,13-16,32H2,2-3H3/b18-5-,33-12-. The second kappa shape index (κ2) is 11.8. The number of fused-ring (bicyclic) bond motifs is 1. The van der Waals surface area contributed by atoms with Gasteiger partial charge in [-0.1, -0.05) is 18.7 Å². The number of benzene rings is 1. The van der Waals surface area contributed by atoms with Crippen LogP contribution in [0, 0.1) is 5.92 Å². The highest BCUT2D eigenvalue weighted by atomic mass is 19.4. The Labute approximate surface area is 224 Å². The van der Waals surface area contributed by atoms with Crippen LogP contribution in [0.4, 0.5) is 13.2 Å². The first-order valence-corrected chi connectivity index (χ1v) is 12.5. The number of halogens is 3. The van der Waals surface area contributed by atoms with Gasteiger partial charge in [0.15, 0.2) is 11.5 Å². The number of rotatable bonds is 8. The molecule has 0 atom stereocenters. The van der Waals surface area contributed by atoms with Gasteiger partial charge in [-0.15, -0.1) is 0 Å². The van der Waals surface area contributed by atoms with Crippen LogP contribution < -0.4 is 10.5 Å². The van der Waals surface area contributed by atoms with Crippen molar-refractivity contribution in [3.8, 4) is 17.2 Å². The lowest BCUT2D eigenvalue weighted by atomic mass is 9.92. The molecule has 1 aromatic carbocycles. The number of pyridine rings is 1. The minimum Gasteiger partial charge on any atom is -0.494 e. The van der Waals surface area contributed by atoms with Gasteiger partial charge in [-0.05, 0) is 56.4 Å². The highest BCUT2D eigenvalue weighted by Crippen LogP contribution is 2.37. The number of oxazole rings is 1. The second-order valence-corrected chi connectivity index (χ2v) is 9.13. The van der Waals surface area contributed by atoms with E-state index in [9.17, 15) is 18.0 Å². The van der Waals surface area contributed by atoms with E-state index in [1.807, 2.05) is 13.0 Å². The molecule has 2 aromatic heterocycles. The molecule has 39 heavy (non-hydrogen) atoms. The molecule has 0 saturated carbocycles. The summed E-state index contributed by atoms with van der Waals surface area (Å²) in [5.74, 6) is 0.538. The van der Waals surface area contributed by atoms with E-state index in [1.165, 1.54) is 19.2 Å². The average molecular weight is 542 g/mol. The summed E-state index contributed by atoms with van der Waals surface area (Å²) in [6.45, 7) is 6.63. The molecule has 3 aromatic rings. The minimum absolute atomic E-state index is 0.00481. The molecule has 1 amide bonds. The van der Waals surface area contributed by atoms with Gasteiger partial charge < -0.3 is 19.8 Å².